The fourth-order valence-electron chi connectivity index (χ4n) is 1.54. The lowest BCUT2D eigenvalue weighted by atomic mass is 10.2. The van der Waals surface area contributed by atoms with Crippen molar-refractivity contribution >= 4 is 23.0 Å². The third-order valence-corrected chi connectivity index (χ3v) is 2.49. The summed E-state index contributed by atoms with van der Waals surface area (Å²) in [4.78, 5) is 6.23. The number of anilines is 2. The molecule has 0 spiro atoms. The minimum atomic E-state index is 0.688. The van der Waals surface area contributed by atoms with Crippen LogP contribution < -0.4 is 10.6 Å². The molecule has 0 bridgehead atoms. The zero-order chi connectivity index (χ0) is 9.97. The van der Waals surface area contributed by atoms with Crippen LogP contribution in [0.1, 0.15) is 6.42 Å². The summed E-state index contributed by atoms with van der Waals surface area (Å²) in [5, 5.41) is 0.888. The smallest absolute Gasteiger partial charge is 0.0576 e. The van der Waals surface area contributed by atoms with Crippen LogP contribution in [0.25, 0.3) is 0 Å². The maximum absolute atomic E-state index is 5.97. The van der Waals surface area contributed by atoms with E-state index in [1.54, 1.807) is 6.20 Å². The van der Waals surface area contributed by atoms with Crippen molar-refractivity contribution in [2.24, 2.45) is 0 Å². The van der Waals surface area contributed by atoms with Crippen LogP contribution >= 0.6 is 11.6 Å². The van der Waals surface area contributed by atoms with E-state index in [-0.39, 0.29) is 0 Å². The monoisotopic (exact) mass is 209 g/mol. The summed E-state index contributed by atoms with van der Waals surface area (Å²) in [5.41, 5.74) is 7.39. The van der Waals surface area contributed by atoms with Gasteiger partial charge in [0.2, 0.25) is 0 Å². The Bertz CT molecular complexity index is 362. The SMILES string of the molecule is Nc1cncc(N2CCC=C(Cl)C2)c1. The van der Waals surface area contributed by atoms with Crippen LogP contribution in [0.3, 0.4) is 0 Å². The zero-order valence-corrected chi connectivity index (χ0v) is 8.54. The normalized spacial score (nSPS) is 16.6. The maximum atomic E-state index is 5.97. The fraction of sp³-hybridized carbons (Fsp3) is 0.300. The second kappa shape index (κ2) is 3.88. The number of pyridine rings is 1. The van der Waals surface area contributed by atoms with E-state index < -0.39 is 0 Å². The molecular formula is C10H12ClN3. The average molecular weight is 210 g/mol. The van der Waals surface area contributed by atoms with Crippen LogP contribution in [0.2, 0.25) is 0 Å². The highest BCUT2D eigenvalue weighted by Gasteiger charge is 2.11. The van der Waals surface area contributed by atoms with Crippen LogP contribution in [-0.2, 0) is 0 Å². The Morgan fingerprint density at radius 1 is 1.43 bits per heavy atom. The van der Waals surface area contributed by atoms with Crippen molar-refractivity contribution in [1.29, 1.82) is 0 Å². The Kier molecular flexibility index (Phi) is 2.59. The molecule has 0 radical (unpaired) electrons. The van der Waals surface area contributed by atoms with Gasteiger partial charge < -0.3 is 10.6 Å². The van der Waals surface area contributed by atoms with Crippen molar-refractivity contribution < 1.29 is 0 Å². The van der Waals surface area contributed by atoms with Gasteiger partial charge >= 0.3 is 0 Å². The van der Waals surface area contributed by atoms with E-state index in [4.69, 9.17) is 17.3 Å². The summed E-state index contributed by atoms with van der Waals surface area (Å²) >= 11 is 5.97. The summed E-state index contributed by atoms with van der Waals surface area (Å²) in [7, 11) is 0. The molecule has 0 aliphatic carbocycles. The van der Waals surface area contributed by atoms with E-state index in [2.05, 4.69) is 16.0 Å². The average Bonchev–Trinajstić information content (AvgIpc) is 2.18. The topological polar surface area (TPSA) is 42.1 Å². The van der Waals surface area contributed by atoms with E-state index >= 15 is 0 Å². The van der Waals surface area contributed by atoms with Crippen molar-refractivity contribution in [1.82, 2.24) is 4.98 Å². The van der Waals surface area contributed by atoms with Crippen molar-refractivity contribution in [3.63, 3.8) is 0 Å². The van der Waals surface area contributed by atoms with Gasteiger partial charge in [0.05, 0.1) is 24.1 Å². The van der Waals surface area contributed by atoms with E-state index in [9.17, 15) is 0 Å². The van der Waals surface area contributed by atoms with Gasteiger partial charge in [-0.3, -0.25) is 4.98 Å². The highest BCUT2D eigenvalue weighted by atomic mass is 35.5. The van der Waals surface area contributed by atoms with Crippen molar-refractivity contribution in [2.45, 2.75) is 6.42 Å². The van der Waals surface area contributed by atoms with Gasteiger partial charge in [0.15, 0.2) is 0 Å². The quantitative estimate of drug-likeness (QED) is 0.769. The highest BCUT2D eigenvalue weighted by Crippen LogP contribution is 2.21. The Morgan fingerprint density at radius 2 is 2.29 bits per heavy atom. The molecular weight excluding hydrogens is 198 g/mol. The van der Waals surface area contributed by atoms with Crippen molar-refractivity contribution in [3.8, 4) is 0 Å². The largest absolute Gasteiger partial charge is 0.397 e. The first kappa shape index (κ1) is 9.34. The third kappa shape index (κ3) is 1.99. The maximum Gasteiger partial charge on any atom is 0.0576 e. The van der Waals surface area contributed by atoms with Gasteiger partial charge in [-0.1, -0.05) is 17.7 Å². The number of hydrogen-bond acceptors (Lipinski definition) is 3. The molecule has 2 rings (SSSR count). The standard InChI is InChI=1S/C10H12ClN3/c11-8-2-1-3-14(7-8)10-4-9(12)5-13-6-10/h2,4-6H,1,3,7,12H2. The summed E-state index contributed by atoms with van der Waals surface area (Å²) in [6, 6.07) is 1.92. The molecule has 0 atom stereocenters. The molecule has 0 unspecified atom stereocenters. The summed E-state index contributed by atoms with van der Waals surface area (Å²) in [6.07, 6.45) is 6.49. The molecule has 0 saturated heterocycles. The predicted octanol–water partition coefficient (Wildman–Crippen LogP) is 2.00. The number of hydrogen-bond donors (Lipinski definition) is 1. The number of halogens is 1. The first-order valence-electron chi connectivity index (χ1n) is 4.56. The Labute approximate surface area is 88.2 Å². The van der Waals surface area contributed by atoms with Crippen LogP contribution in [0, 0.1) is 0 Å². The molecule has 1 aromatic rings. The first-order chi connectivity index (χ1) is 6.75. The summed E-state index contributed by atoms with van der Waals surface area (Å²) in [6.45, 7) is 1.73. The van der Waals surface area contributed by atoms with Gasteiger partial charge in [-0.2, -0.15) is 0 Å². The number of nitrogens with zero attached hydrogens (tertiary/aromatic N) is 2. The first-order valence-corrected chi connectivity index (χ1v) is 4.93. The molecule has 0 amide bonds. The van der Waals surface area contributed by atoms with Crippen molar-refractivity contribution in [3.05, 3.63) is 29.6 Å². The fourth-order valence-corrected chi connectivity index (χ4v) is 1.79. The van der Waals surface area contributed by atoms with Gasteiger partial charge in [-0.05, 0) is 12.5 Å². The van der Waals surface area contributed by atoms with Crippen molar-refractivity contribution in [2.75, 3.05) is 23.7 Å². The minimum Gasteiger partial charge on any atom is -0.397 e. The van der Waals surface area contributed by atoms with Gasteiger partial charge in [0.25, 0.3) is 0 Å². The number of nitrogens with two attached hydrogens (primary N) is 1. The molecule has 14 heavy (non-hydrogen) atoms. The Balaban J connectivity index is 2.19. The lowest BCUT2D eigenvalue weighted by Crippen LogP contribution is -2.28. The zero-order valence-electron chi connectivity index (χ0n) is 7.78. The van der Waals surface area contributed by atoms with Gasteiger partial charge in [-0.15, -0.1) is 0 Å². The molecule has 1 aromatic heterocycles. The highest BCUT2D eigenvalue weighted by molar-refractivity contribution is 6.30. The molecule has 74 valence electrons. The Hall–Kier alpha value is -1.22. The van der Waals surface area contributed by atoms with Gasteiger partial charge in [0, 0.05) is 17.8 Å². The van der Waals surface area contributed by atoms with E-state index in [1.807, 2.05) is 12.3 Å². The number of rotatable bonds is 1. The second-order valence-electron chi connectivity index (χ2n) is 3.34. The molecule has 4 heteroatoms. The van der Waals surface area contributed by atoms with Crippen LogP contribution in [0.15, 0.2) is 29.6 Å². The molecule has 1 aliphatic heterocycles. The lowest BCUT2D eigenvalue weighted by Gasteiger charge is -2.27. The molecule has 0 saturated carbocycles. The van der Waals surface area contributed by atoms with E-state index in [1.165, 1.54) is 0 Å². The molecule has 2 heterocycles. The third-order valence-electron chi connectivity index (χ3n) is 2.22. The van der Waals surface area contributed by atoms with Gasteiger partial charge in [-0.25, -0.2) is 0 Å². The Morgan fingerprint density at radius 3 is 3.00 bits per heavy atom. The van der Waals surface area contributed by atoms with E-state index in [0.29, 0.717) is 5.69 Å². The molecule has 1 aliphatic rings. The minimum absolute atomic E-state index is 0.688. The number of nitrogen functional groups attached to an aromatic ring is 1. The molecule has 3 nitrogen and oxygen atoms in total. The van der Waals surface area contributed by atoms with Crippen LogP contribution in [0.5, 0.6) is 0 Å². The van der Waals surface area contributed by atoms with Crippen LogP contribution in [0.4, 0.5) is 11.4 Å². The molecule has 2 N–H and O–H groups in total. The molecule has 0 fully saturated rings. The summed E-state index contributed by atoms with van der Waals surface area (Å²) < 4.78 is 0. The predicted molar refractivity (Wildman–Crippen MR) is 59.4 cm³/mol. The number of aromatic nitrogens is 1. The van der Waals surface area contributed by atoms with Gasteiger partial charge in [0.1, 0.15) is 0 Å². The van der Waals surface area contributed by atoms with Crippen LogP contribution in [-0.4, -0.2) is 18.1 Å². The lowest BCUT2D eigenvalue weighted by molar-refractivity contribution is 0.810. The summed E-state index contributed by atoms with van der Waals surface area (Å²) in [5.74, 6) is 0. The second-order valence-corrected chi connectivity index (χ2v) is 3.82. The van der Waals surface area contributed by atoms with E-state index in [0.717, 1.165) is 30.2 Å². The molecule has 0 aromatic carbocycles.